The zero-order chi connectivity index (χ0) is 15.2. The van der Waals surface area contributed by atoms with E-state index in [9.17, 15) is 8.42 Å². The van der Waals surface area contributed by atoms with Crippen molar-refractivity contribution in [3.63, 3.8) is 0 Å². The minimum Gasteiger partial charge on any atom is -0.354 e. The molecule has 1 aromatic rings. The summed E-state index contributed by atoms with van der Waals surface area (Å²) >= 11 is 0. The maximum Gasteiger partial charge on any atom is 0.195 e. The van der Waals surface area contributed by atoms with Gasteiger partial charge in [-0.05, 0) is 37.8 Å². The minimum atomic E-state index is -3.45. The Morgan fingerprint density at radius 3 is 2.62 bits per heavy atom. The number of aliphatic imine (C=N–C) groups is 1. The summed E-state index contributed by atoms with van der Waals surface area (Å²) < 4.78 is 23.7. The van der Waals surface area contributed by atoms with Crippen LogP contribution in [-0.2, 0) is 9.84 Å². The lowest BCUT2D eigenvalue weighted by Crippen LogP contribution is -2.36. The molecule has 2 bridgehead atoms. The molecule has 0 amide bonds. The van der Waals surface area contributed by atoms with Crippen LogP contribution in [0.1, 0.15) is 25.7 Å². The first-order valence-corrected chi connectivity index (χ1v) is 9.05. The van der Waals surface area contributed by atoms with Gasteiger partial charge in [0, 0.05) is 19.3 Å². The molecule has 0 spiro atoms. The van der Waals surface area contributed by atoms with Gasteiger partial charge in [-0.15, -0.1) is 0 Å². The average molecular weight is 308 g/mol. The number of aromatic nitrogens is 2. The first kappa shape index (κ1) is 14.4. The Balaban J connectivity index is 2.00. The molecule has 0 N–H and O–H groups in total. The Hall–Kier alpha value is -1.50. The van der Waals surface area contributed by atoms with E-state index in [1.807, 2.05) is 7.05 Å². The number of hydrogen-bond donors (Lipinski definition) is 0. The Bertz CT molecular complexity index is 674. The lowest BCUT2D eigenvalue weighted by atomic mass is 9.94. The molecule has 2 fully saturated rings. The van der Waals surface area contributed by atoms with Gasteiger partial charge in [0.05, 0.1) is 0 Å². The summed E-state index contributed by atoms with van der Waals surface area (Å²) in [5, 5.41) is -0.0440. The van der Waals surface area contributed by atoms with Crippen molar-refractivity contribution in [1.29, 1.82) is 0 Å². The lowest BCUT2D eigenvalue weighted by molar-refractivity contribution is 0.403. The monoisotopic (exact) mass is 308 g/mol. The Morgan fingerprint density at radius 1 is 1.33 bits per heavy atom. The molecule has 1 aromatic heterocycles. The Kier molecular flexibility index (Phi) is 3.47. The van der Waals surface area contributed by atoms with Crippen molar-refractivity contribution >= 4 is 28.1 Å². The normalized spacial score (nSPS) is 27.8. The lowest BCUT2D eigenvalue weighted by Gasteiger charge is -2.33. The van der Waals surface area contributed by atoms with E-state index in [4.69, 9.17) is 0 Å². The third-order valence-electron chi connectivity index (χ3n) is 4.81. The number of sulfone groups is 1. The van der Waals surface area contributed by atoms with Crippen LogP contribution in [-0.4, -0.2) is 44.4 Å². The van der Waals surface area contributed by atoms with E-state index < -0.39 is 9.84 Å². The predicted molar refractivity (Wildman–Crippen MR) is 82.0 cm³/mol. The molecule has 7 heteroatoms. The molecule has 3 rings (SSSR count). The standard InChI is InChI=1S/C14H20N4O2S/c1-15-12-13(16-8-17-14(12)21(3,19)20)18(2)11-7-9-4-5-10(11)6-9/h8-11H,1,4-7H2,2-3H3. The second-order valence-corrected chi connectivity index (χ2v) is 8.07. The van der Waals surface area contributed by atoms with Crippen molar-refractivity contribution in [2.45, 2.75) is 36.8 Å². The number of fused-ring (bicyclic) bond motifs is 2. The van der Waals surface area contributed by atoms with Crippen LogP contribution in [0.15, 0.2) is 16.3 Å². The zero-order valence-electron chi connectivity index (χ0n) is 12.4. The van der Waals surface area contributed by atoms with Crippen molar-refractivity contribution in [3.05, 3.63) is 6.33 Å². The topological polar surface area (TPSA) is 75.5 Å². The summed E-state index contributed by atoms with van der Waals surface area (Å²) in [6.45, 7) is 3.50. The summed E-state index contributed by atoms with van der Waals surface area (Å²) in [4.78, 5) is 14.1. The third kappa shape index (κ3) is 2.43. The summed E-state index contributed by atoms with van der Waals surface area (Å²) in [5.74, 6) is 2.05. The van der Waals surface area contributed by atoms with Crippen molar-refractivity contribution in [3.8, 4) is 0 Å². The van der Waals surface area contributed by atoms with Gasteiger partial charge in [-0.3, -0.25) is 4.99 Å². The molecule has 0 saturated heterocycles. The Morgan fingerprint density at radius 2 is 2.10 bits per heavy atom. The molecular formula is C14H20N4O2S. The van der Waals surface area contributed by atoms with Crippen LogP contribution in [0, 0.1) is 11.8 Å². The van der Waals surface area contributed by atoms with Crippen LogP contribution in [0.25, 0.3) is 0 Å². The van der Waals surface area contributed by atoms with E-state index in [1.165, 1.54) is 25.6 Å². The highest BCUT2D eigenvalue weighted by Gasteiger charge is 2.42. The molecule has 2 aliphatic rings. The molecule has 3 atom stereocenters. The van der Waals surface area contributed by atoms with Gasteiger partial charge in [-0.25, -0.2) is 18.4 Å². The molecular weight excluding hydrogens is 288 g/mol. The van der Waals surface area contributed by atoms with Gasteiger partial charge in [0.25, 0.3) is 0 Å². The van der Waals surface area contributed by atoms with Crippen molar-refractivity contribution in [2.24, 2.45) is 16.8 Å². The highest BCUT2D eigenvalue weighted by molar-refractivity contribution is 7.90. The summed E-state index contributed by atoms with van der Waals surface area (Å²) in [5.41, 5.74) is 0.269. The summed E-state index contributed by atoms with van der Waals surface area (Å²) in [6, 6.07) is 0.409. The van der Waals surface area contributed by atoms with Gasteiger partial charge in [-0.1, -0.05) is 6.42 Å². The van der Waals surface area contributed by atoms with Gasteiger partial charge in [0.1, 0.15) is 12.0 Å². The average Bonchev–Trinajstić information content (AvgIpc) is 3.07. The number of rotatable bonds is 4. The van der Waals surface area contributed by atoms with E-state index in [2.05, 4.69) is 26.6 Å². The van der Waals surface area contributed by atoms with Gasteiger partial charge < -0.3 is 4.90 Å². The molecule has 1 heterocycles. The van der Waals surface area contributed by atoms with E-state index in [0.29, 0.717) is 17.8 Å². The van der Waals surface area contributed by atoms with Crippen LogP contribution in [0.3, 0.4) is 0 Å². The molecule has 21 heavy (non-hydrogen) atoms. The summed E-state index contributed by atoms with van der Waals surface area (Å²) in [7, 11) is -1.48. The van der Waals surface area contributed by atoms with Crippen LogP contribution in [0.4, 0.5) is 11.5 Å². The number of nitrogens with zero attached hydrogens (tertiary/aromatic N) is 4. The van der Waals surface area contributed by atoms with Crippen LogP contribution < -0.4 is 4.90 Å². The molecule has 2 saturated carbocycles. The quantitative estimate of drug-likeness (QED) is 0.626. The molecule has 0 radical (unpaired) electrons. The van der Waals surface area contributed by atoms with Crippen molar-refractivity contribution < 1.29 is 8.42 Å². The second kappa shape index (κ2) is 5.05. The largest absolute Gasteiger partial charge is 0.354 e. The fourth-order valence-corrected chi connectivity index (χ4v) is 4.61. The zero-order valence-corrected chi connectivity index (χ0v) is 13.2. The fourth-order valence-electron chi connectivity index (χ4n) is 3.86. The molecule has 114 valence electrons. The van der Waals surface area contributed by atoms with Gasteiger partial charge in [0.2, 0.25) is 0 Å². The number of anilines is 1. The van der Waals surface area contributed by atoms with Crippen LogP contribution in [0.5, 0.6) is 0 Å². The Labute approximate surface area is 125 Å². The minimum absolute atomic E-state index is 0.0440. The van der Waals surface area contributed by atoms with E-state index in [0.717, 1.165) is 18.6 Å². The van der Waals surface area contributed by atoms with Crippen molar-refractivity contribution in [1.82, 2.24) is 9.97 Å². The first-order chi connectivity index (χ1) is 9.91. The molecule has 6 nitrogen and oxygen atoms in total. The van der Waals surface area contributed by atoms with Crippen molar-refractivity contribution in [2.75, 3.05) is 18.2 Å². The predicted octanol–water partition coefficient (Wildman–Crippen LogP) is 1.84. The van der Waals surface area contributed by atoms with Crippen LogP contribution in [0.2, 0.25) is 0 Å². The van der Waals surface area contributed by atoms with Gasteiger partial charge in [0.15, 0.2) is 20.7 Å². The highest BCUT2D eigenvalue weighted by atomic mass is 32.2. The highest BCUT2D eigenvalue weighted by Crippen LogP contribution is 2.48. The molecule has 0 aliphatic heterocycles. The van der Waals surface area contributed by atoms with E-state index >= 15 is 0 Å². The van der Waals surface area contributed by atoms with E-state index in [-0.39, 0.29) is 10.7 Å². The van der Waals surface area contributed by atoms with Gasteiger partial charge in [-0.2, -0.15) is 0 Å². The molecule has 3 unspecified atom stereocenters. The summed E-state index contributed by atoms with van der Waals surface area (Å²) in [6.07, 6.45) is 7.42. The number of hydrogen-bond acceptors (Lipinski definition) is 6. The smallest absolute Gasteiger partial charge is 0.195 e. The fraction of sp³-hybridized carbons (Fsp3) is 0.643. The molecule has 2 aliphatic carbocycles. The third-order valence-corrected chi connectivity index (χ3v) is 5.81. The van der Waals surface area contributed by atoms with E-state index in [1.54, 1.807) is 0 Å². The van der Waals surface area contributed by atoms with Crippen LogP contribution >= 0.6 is 0 Å². The maximum absolute atomic E-state index is 11.8. The molecule has 0 aromatic carbocycles. The second-order valence-electron chi connectivity index (χ2n) is 6.13. The maximum atomic E-state index is 11.8. The first-order valence-electron chi connectivity index (χ1n) is 7.16. The SMILES string of the molecule is C=Nc1c(N(C)C2CC3CCC2C3)ncnc1S(C)(=O)=O. The van der Waals surface area contributed by atoms with Gasteiger partial charge >= 0.3 is 0 Å².